The Kier molecular flexibility index (Phi) is 2.48. The van der Waals surface area contributed by atoms with E-state index in [1.54, 1.807) is 0 Å². The number of aromatic nitrogens is 1. The van der Waals surface area contributed by atoms with Gasteiger partial charge in [-0.2, -0.15) is 0 Å². The van der Waals surface area contributed by atoms with E-state index in [1.807, 2.05) is 11.3 Å². The summed E-state index contributed by atoms with van der Waals surface area (Å²) in [5, 5.41) is 8.02. The maximum Gasteiger partial charge on any atom is 0.0670 e. The zero-order chi connectivity index (χ0) is 16.5. The lowest BCUT2D eigenvalue weighted by atomic mass is 10.1. The summed E-state index contributed by atoms with van der Waals surface area (Å²) in [4.78, 5) is 0. The van der Waals surface area contributed by atoms with Crippen molar-refractivity contribution in [2.24, 2.45) is 7.05 Å². The molecule has 2 heterocycles. The van der Waals surface area contributed by atoms with Crippen molar-refractivity contribution in [1.82, 2.24) is 4.57 Å². The Hall–Kier alpha value is -2.84. The van der Waals surface area contributed by atoms with Crippen LogP contribution in [0.3, 0.4) is 0 Å². The first kappa shape index (κ1) is 13.5. The van der Waals surface area contributed by atoms with Crippen molar-refractivity contribution in [2.75, 3.05) is 0 Å². The molecule has 0 aliphatic rings. The zero-order valence-corrected chi connectivity index (χ0v) is 14.6. The number of fused-ring (bicyclic) bond motifs is 8. The molecule has 0 radical (unpaired) electrons. The molecule has 0 bridgehead atoms. The first-order chi connectivity index (χ1) is 12.3. The van der Waals surface area contributed by atoms with E-state index in [0.717, 1.165) is 0 Å². The van der Waals surface area contributed by atoms with Crippen molar-refractivity contribution in [3.05, 3.63) is 72.8 Å². The molecule has 25 heavy (non-hydrogen) atoms. The van der Waals surface area contributed by atoms with E-state index in [1.165, 1.54) is 52.8 Å². The lowest BCUT2D eigenvalue weighted by molar-refractivity contribution is 1.02. The van der Waals surface area contributed by atoms with E-state index in [2.05, 4.69) is 84.4 Å². The van der Waals surface area contributed by atoms with Crippen molar-refractivity contribution in [1.29, 1.82) is 0 Å². The Balaban J connectivity index is 1.89. The van der Waals surface area contributed by atoms with Gasteiger partial charge in [-0.3, -0.25) is 0 Å². The van der Waals surface area contributed by atoms with Gasteiger partial charge in [0, 0.05) is 38.8 Å². The molecule has 2 aromatic heterocycles. The van der Waals surface area contributed by atoms with Gasteiger partial charge in [0.05, 0.1) is 10.2 Å². The number of aryl methyl sites for hydroxylation is 1. The molecule has 0 atom stereocenters. The fraction of sp³-hybridized carbons (Fsp3) is 0.0435. The third kappa shape index (κ3) is 1.67. The fourth-order valence-electron chi connectivity index (χ4n) is 4.17. The number of rotatable bonds is 0. The predicted molar refractivity (Wildman–Crippen MR) is 111 cm³/mol. The first-order valence-corrected chi connectivity index (χ1v) is 9.34. The average Bonchev–Trinajstić information content (AvgIpc) is 3.16. The van der Waals surface area contributed by atoms with E-state index in [4.69, 9.17) is 0 Å². The normalized spacial score (nSPS) is 12.2. The highest BCUT2D eigenvalue weighted by atomic mass is 32.1. The minimum absolute atomic E-state index is 1.30. The lowest BCUT2D eigenvalue weighted by Crippen LogP contribution is -1.86. The molecular weight excluding hydrogens is 322 g/mol. The molecule has 0 spiro atoms. The molecule has 1 nitrogen and oxygen atoms in total. The van der Waals surface area contributed by atoms with Crippen LogP contribution >= 0.6 is 11.3 Å². The van der Waals surface area contributed by atoms with Crippen LogP contribution in [0.2, 0.25) is 0 Å². The summed E-state index contributed by atoms with van der Waals surface area (Å²) in [6, 6.07) is 26.6. The summed E-state index contributed by atoms with van der Waals surface area (Å²) in [5.41, 5.74) is 2.66. The highest BCUT2D eigenvalue weighted by Gasteiger charge is 2.15. The Bertz CT molecular complexity index is 1440. The Morgan fingerprint density at radius 3 is 2.28 bits per heavy atom. The molecule has 6 rings (SSSR count). The number of hydrogen-bond donors (Lipinski definition) is 0. The van der Waals surface area contributed by atoms with Gasteiger partial charge >= 0.3 is 0 Å². The number of nitrogens with zero attached hydrogens (tertiary/aromatic N) is 1. The largest absolute Gasteiger partial charge is 0.342 e. The van der Waals surface area contributed by atoms with Crippen molar-refractivity contribution in [2.45, 2.75) is 0 Å². The van der Waals surface area contributed by atoms with Crippen LogP contribution in [0.4, 0.5) is 0 Å². The Labute approximate surface area is 148 Å². The van der Waals surface area contributed by atoms with Crippen molar-refractivity contribution in [3.8, 4) is 0 Å². The third-order valence-corrected chi connectivity index (χ3v) is 6.56. The molecule has 0 aliphatic heterocycles. The van der Waals surface area contributed by atoms with Gasteiger partial charge in [0.1, 0.15) is 0 Å². The minimum atomic E-state index is 1.30. The zero-order valence-electron chi connectivity index (χ0n) is 13.8. The van der Waals surface area contributed by atoms with Crippen LogP contribution < -0.4 is 0 Å². The van der Waals surface area contributed by atoms with Crippen LogP contribution in [-0.2, 0) is 7.05 Å². The molecule has 0 amide bonds. The van der Waals surface area contributed by atoms with E-state index >= 15 is 0 Å². The number of benzene rings is 4. The highest BCUT2D eigenvalue weighted by molar-refractivity contribution is 7.26. The van der Waals surface area contributed by atoms with Gasteiger partial charge in [-0.15, -0.1) is 11.3 Å². The molecule has 4 aromatic carbocycles. The second kappa shape index (κ2) is 4.62. The van der Waals surface area contributed by atoms with E-state index in [9.17, 15) is 0 Å². The van der Waals surface area contributed by atoms with Crippen LogP contribution in [0, 0.1) is 0 Å². The monoisotopic (exact) mass is 337 g/mol. The fourth-order valence-corrected chi connectivity index (χ4v) is 5.45. The van der Waals surface area contributed by atoms with Gasteiger partial charge in [0.25, 0.3) is 0 Å². The predicted octanol–water partition coefficient (Wildman–Crippen LogP) is 6.85. The van der Waals surface area contributed by atoms with E-state index < -0.39 is 0 Å². The number of thiophene rings is 1. The van der Waals surface area contributed by atoms with Gasteiger partial charge in [0.15, 0.2) is 0 Å². The highest BCUT2D eigenvalue weighted by Crippen LogP contribution is 2.41. The minimum Gasteiger partial charge on any atom is -0.342 e. The summed E-state index contributed by atoms with van der Waals surface area (Å²) < 4.78 is 5.12. The van der Waals surface area contributed by atoms with E-state index in [-0.39, 0.29) is 0 Å². The van der Waals surface area contributed by atoms with Crippen LogP contribution in [0.25, 0.3) is 52.8 Å². The summed E-state index contributed by atoms with van der Waals surface area (Å²) in [5.74, 6) is 0. The molecule has 118 valence electrons. The van der Waals surface area contributed by atoms with Crippen LogP contribution in [0.5, 0.6) is 0 Å². The van der Waals surface area contributed by atoms with Crippen molar-refractivity contribution >= 4 is 64.1 Å². The second-order valence-electron chi connectivity index (χ2n) is 6.71. The van der Waals surface area contributed by atoms with E-state index in [0.29, 0.717) is 0 Å². The maximum atomic E-state index is 2.37. The third-order valence-electron chi connectivity index (χ3n) is 5.37. The summed E-state index contributed by atoms with van der Waals surface area (Å²) >= 11 is 1.90. The summed E-state index contributed by atoms with van der Waals surface area (Å²) in [6.45, 7) is 0. The average molecular weight is 337 g/mol. The van der Waals surface area contributed by atoms with Crippen LogP contribution in [0.15, 0.2) is 72.8 Å². The topological polar surface area (TPSA) is 4.93 Å². The molecule has 0 saturated heterocycles. The Morgan fingerprint density at radius 2 is 1.40 bits per heavy atom. The summed E-state index contributed by atoms with van der Waals surface area (Å²) in [7, 11) is 2.20. The van der Waals surface area contributed by atoms with Crippen molar-refractivity contribution in [3.63, 3.8) is 0 Å². The molecule has 0 fully saturated rings. The van der Waals surface area contributed by atoms with Gasteiger partial charge in [-0.1, -0.05) is 54.6 Å². The summed E-state index contributed by atoms with van der Waals surface area (Å²) in [6.07, 6.45) is 0. The molecule has 2 heteroatoms. The first-order valence-electron chi connectivity index (χ1n) is 8.52. The lowest BCUT2D eigenvalue weighted by Gasteiger charge is -2.01. The SMILES string of the molecule is Cn1c2cc3ccccc3cc2c2ccc3c4ccccc4sc3c21. The number of hydrogen-bond acceptors (Lipinski definition) is 1. The molecule has 0 N–H and O–H groups in total. The van der Waals surface area contributed by atoms with Gasteiger partial charge in [0.2, 0.25) is 0 Å². The molecule has 6 aromatic rings. The smallest absolute Gasteiger partial charge is 0.0670 e. The molecule has 0 aliphatic carbocycles. The van der Waals surface area contributed by atoms with Crippen molar-refractivity contribution < 1.29 is 0 Å². The molecule has 0 unspecified atom stereocenters. The molecule has 0 saturated carbocycles. The molecular formula is C23H15NS. The van der Waals surface area contributed by atoms with Gasteiger partial charge in [-0.05, 0) is 29.0 Å². The Morgan fingerprint density at radius 1 is 0.680 bits per heavy atom. The van der Waals surface area contributed by atoms with Crippen LogP contribution in [-0.4, -0.2) is 4.57 Å². The quantitative estimate of drug-likeness (QED) is 0.285. The second-order valence-corrected chi connectivity index (χ2v) is 7.76. The van der Waals surface area contributed by atoms with Crippen LogP contribution in [0.1, 0.15) is 0 Å². The maximum absolute atomic E-state index is 2.37. The van der Waals surface area contributed by atoms with Gasteiger partial charge in [-0.25, -0.2) is 0 Å². The standard InChI is InChI=1S/C23H15NS/c1-24-20-13-15-7-3-2-6-14(15)12-19(20)17-10-11-18-16-8-4-5-9-21(16)25-23(18)22(17)24/h2-13H,1H3. The van der Waals surface area contributed by atoms with Gasteiger partial charge < -0.3 is 4.57 Å².